The van der Waals surface area contributed by atoms with Gasteiger partial charge in [-0.05, 0) is 19.8 Å². The quantitative estimate of drug-likeness (QED) is 0.687. The lowest BCUT2D eigenvalue weighted by Gasteiger charge is -2.24. The van der Waals surface area contributed by atoms with Crippen LogP contribution in [0.2, 0.25) is 0 Å². The summed E-state index contributed by atoms with van der Waals surface area (Å²) in [5, 5.41) is 9.55. The molecule has 1 N–H and O–H groups in total. The zero-order valence-corrected chi connectivity index (χ0v) is 9.57. The largest absolute Gasteiger partial charge is 0.378 e. The maximum absolute atomic E-state index is 11.5. The molecule has 0 spiro atoms. The summed E-state index contributed by atoms with van der Waals surface area (Å²) in [6, 6.07) is 0. The van der Waals surface area contributed by atoms with Crippen molar-refractivity contribution in [1.82, 2.24) is 9.80 Å². The Kier molecular flexibility index (Phi) is 4.29. The summed E-state index contributed by atoms with van der Waals surface area (Å²) < 4.78 is 0. The molecule has 0 aromatic rings. The van der Waals surface area contributed by atoms with E-state index < -0.39 is 0 Å². The standard InChI is InChI=1S/C11H20N2O2/c1-9(2)11(15)12(3)7-8-13-6-4-5-10(13)14/h10,14H,1,4-8H2,2-3H3. The van der Waals surface area contributed by atoms with Crippen LogP contribution in [0.5, 0.6) is 0 Å². The molecule has 0 saturated carbocycles. The Balaban J connectivity index is 2.30. The monoisotopic (exact) mass is 212 g/mol. The number of aliphatic hydroxyl groups is 1. The van der Waals surface area contributed by atoms with Crippen molar-refractivity contribution in [3.05, 3.63) is 12.2 Å². The van der Waals surface area contributed by atoms with Gasteiger partial charge in [0, 0.05) is 32.3 Å². The zero-order valence-electron chi connectivity index (χ0n) is 9.57. The third-order valence-corrected chi connectivity index (χ3v) is 2.76. The molecule has 15 heavy (non-hydrogen) atoms. The highest BCUT2D eigenvalue weighted by atomic mass is 16.3. The highest BCUT2D eigenvalue weighted by Crippen LogP contribution is 2.13. The molecular formula is C11H20N2O2. The SMILES string of the molecule is C=C(C)C(=O)N(C)CCN1CCCC1O. The molecule has 4 nitrogen and oxygen atoms in total. The average Bonchev–Trinajstić information content (AvgIpc) is 2.59. The summed E-state index contributed by atoms with van der Waals surface area (Å²) in [4.78, 5) is 15.1. The number of nitrogens with zero attached hydrogens (tertiary/aromatic N) is 2. The minimum atomic E-state index is -0.321. The lowest BCUT2D eigenvalue weighted by Crippen LogP contribution is -2.38. The minimum Gasteiger partial charge on any atom is -0.378 e. The Labute approximate surface area is 91.2 Å². The average molecular weight is 212 g/mol. The molecule has 0 bridgehead atoms. The van der Waals surface area contributed by atoms with E-state index >= 15 is 0 Å². The van der Waals surface area contributed by atoms with E-state index in [2.05, 4.69) is 6.58 Å². The number of likely N-dealkylation sites (N-methyl/N-ethyl adjacent to an activating group) is 1. The predicted molar refractivity (Wildman–Crippen MR) is 59.3 cm³/mol. The fourth-order valence-corrected chi connectivity index (χ4v) is 1.78. The molecule has 1 saturated heterocycles. The third kappa shape index (κ3) is 3.32. The number of carbonyl (C=O) groups is 1. The first-order chi connectivity index (χ1) is 7.02. The zero-order chi connectivity index (χ0) is 11.4. The maximum Gasteiger partial charge on any atom is 0.248 e. The van der Waals surface area contributed by atoms with Crippen LogP contribution in [-0.2, 0) is 4.79 Å². The Morgan fingerprint density at radius 2 is 2.33 bits per heavy atom. The van der Waals surface area contributed by atoms with Crippen molar-refractivity contribution in [3.8, 4) is 0 Å². The molecule has 0 radical (unpaired) electrons. The van der Waals surface area contributed by atoms with E-state index in [0.717, 1.165) is 25.9 Å². The van der Waals surface area contributed by atoms with Crippen LogP contribution in [0, 0.1) is 0 Å². The normalized spacial score (nSPS) is 21.7. The lowest BCUT2D eigenvalue weighted by molar-refractivity contribution is -0.126. The summed E-state index contributed by atoms with van der Waals surface area (Å²) in [5.41, 5.74) is 0.555. The summed E-state index contributed by atoms with van der Waals surface area (Å²) in [5.74, 6) is -0.0244. The highest BCUT2D eigenvalue weighted by Gasteiger charge is 2.22. The molecule has 86 valence electrons. The summed E-state index contributed by atoms with van der Waals surface area (Å²) >= 11 is 0. The van der Waals surface area contributed by atoms with Crippen LogP contribution < -0.4 is 0 Å². The van der Waals surface area contributed by atoms with Gasteiger partial charge in [-0.15, -0.1) is 0 Å². The van der Waals surface area contributed by atoms with Gasteiger partial charge < -0.3 is 10.0 Å². The molecule has 1 heterocycles. The van der Waals surface area contributed by atoms with Gasteiger partial charge in [0.25, 0.3) is 0 Å². The Morgan fingerprint density at radius 3 is 2.80 bits per heavy atom. The van der Waals surface area contributed by atoms with Crippen LogP contribution in [0.4, 0.5) is 0 Å². The van der Waals surface area contributed by atoms with E-state index in [9.17, 15) is 9.90 Å². The fraction of sp³-hybridized carbons (Fsp3) is 0.727. The Bertz CT molecular complexity index is 253. The molecule has 1 fully saturated rings. The van der Waals surface area contributed by atoms with Gasteiger partial charge in [0.2, 0.25) is 5.91 Å². The third-order valence-electron chi connectivity index (χ3n) is 2.76. The Morgan fingerprint density at radius 1 is 1.67 bits per heavy atom. The van der Waals surface area contributed by atoms with Gasteiger partial charge in [0.1, 0.15) is 6.23 Å². The molecular weight excluding hydrogens is 192 g/mol. The fourth-order valence-electron chi connectivity index (χ4n) is 1.78. The van der Waals surface area contributed by atoms with Crippen molar-refractivity contribution >= 4 is 5.91 Å². The number of hydrogen-bond acceptors (Lipinski definition) is 3. The number of hydrogen-bond donors (Lipinski definition) is 1. The molecule has 1 unspecified atom stereocenters. The van der Waals surface area contributed by atoms with Crippen LogP contribution in [0.3, 0.4) is 0 Å². The van der Waals surface area contributed by atoms with Crippen LogP contribution in [0.1, 0.15) is 19.8 Å². The second-order valence-corrected chi connectivity index (χ2v) is 4.17. The summed E-state index contributed by atoms with van der Waals surface area (Å²) in [6.45, 7) is 7.63. The van der Waals surface area contributed by atoms with Crippen LogP contribution >= 0.6 is 0 Å². The van der Waals surface area contributed by atoms with Crippen molar-refractivity contribution in [2.75, 3.05) is 26.7 Å². The minimum absolute atomic E-state index is 0.0244. The second-order valence-electron chi connectivity index (χ2n) is 4.17. The molecule has 0 aromatic heterocycles. The number of rotatable bonds is 4. The van der Waals surface area contributed by atoms with Gasteiger partial charge in [-0.1, -0.05) is 6.58 Å². The predicted octanol–water partition coefficient (Wildman–Crippen LogP) is 0.435. The number of carbonyl (C=O) groups excluding carboxylic acids is 1. The maximum atomic E-state index is 11.5. The smallest absolute Gasteiger partial charge is 0.248 e. The van der Waals surface area contributed by atoms with Crippen molar-refractivity contribution in [3.63, 3.8) is 0 Å². The highest BCUT2D eigenvalue weighted by molar-refractivity contribution is 5.91. The van der Waals surface area contributed by atoms with E-state index in [1.54, 1.807) is 18.9 Å². The molecule has 0 aliphatic carbocycles. The van der Waals surface area contributed by atoms with Gasteiger partial charge >= 0.3 is 0 Å². The molecule has 1 atom stereocenters. The van der Waals surface area contributed by atoms with Gasteiger partial charge in [0.15, 0.2) is 0 Å². The second kappa shape index (κ2) is 5.28. The van der Waals surface area contributed by atoms with E-state index in [0.29, 0.717) is 12.1 Å². The van der Waals surface area contributed by atoms with E-state index in [-0.39, 0.29) is 12.1 Å². The van der Waals surface area contributed by atoms with Crippen LogP contribution in [-0.4, -0.2) is 53.7 Å². The first-order valence-corrected chi connectivity index (χ1v) is 5.35. The van der Waals surface area contributed by atoms with Crippen LogP contribution in [0.15, 0.2) is 12.2 Å². The molecule has 1 rings (SSSR count). The molecule has 1 amide bonds. The van der Waals surface area contributed by atoms with Gasteiger partial charge in [-0.25, -0.2) is 0 Å². The molecule has 4 heteroatoms. The summed E-state index contributed by atoms with van der Waals surface area (Å²) in [6.07, 6.45) is 1.57. The first-order valence-electron chi connectivity index (χ1n) is 5.35. The van der Waals surface area contributed by atoms with E-state index in [4.69, 9.17) is 0 Å². The topological polar surface area (TPSA) is 43.8 Å². The molecule has 0 aromatic carbocycles. The lowest BCUT2D eigenvalue weighted by atomic mass is 10.3. The van der Waals surface area contributed by atoms with E-state index in [1.807, 2.05) is 4.90 Å². The number of amides is 1. The molecule has 1 aliphatic rings. The van der Waals surface area contributed by atoms with Crippen molar-refractivity contribution < 1.29 is 9.90 Å². The van der Waals surface area contributed by atoms with E-state index in [1.165, 1.54) is 0 Å². The van der Waals surface area contributed by atoms with Crippen LogP contribution in [0.25, 0.3) is 0 Å². The van der Waals surface area contributed by atoms with Gasteiger partial charge in [-0.3, -0.25) is 9.69 Å². The van der Waals surface area contributed by atoms with Gasteiger partial charge in [-0.2, -0.15) is 0 Å². The van der Waals surface area contributed by atoms with Crippen molar-refractivity contribution in [1.29, 1.82) is 0 Å². The number of aliphatic hydroxyl groups excluding tert-OH is 1. The summed E-state index contributed by atoms with van der Waals surface area (Å²) in [7, 11) is 1.76. The van der Waals surface area contributed by atoms with Crippen molar-refractivity contribution in [2.24, 2.45) is 0 Å². The molecule has 1 aliphatic heterocycles. The Hall–Kier alpha value is -0.870. The number of likely N-dealkylation sites (tertiary alicyclic amines) is 1. The van der Waals surface area contributed by atoms with Gasteiger partial charge in [0.05, 0.1) is 0 Å². The first kappa shape index (κ1) is 12.2. The van der Waals surface area contributed by atoms with Crippen molar-refractivity contribution in [2.45, 2.75) is 26.0 Å².